The van der Waals surface area contributed by atoms with Crippen molar-refractivity contribution < 1.29 is 0 Å². The molecule has 1 heterocycles. The second-order valence-corrected chi connectivity index (χ2v) is 6.11. The zero-order chi connectivity index (χ0) is 11.5. The molecule has 2 aromatic rings. The van der Waals surface area contributed by atoms with E-state index in [-0.39, 0.29) is 6.04 Å². The molecule has 0 amide bonds. The van der Waals surface area contributed by atoms with Crippen molar-refractivity contribution in [3.63, 3.8) is 0 Å². The van der Waals surface area contributed by atoms with Gasteiger partial charge in [0, 0.05) is 0 Å². The van der Waals surface area contributed by atoms with E-state index in [4.69, 9.17) is 0 Å². The van der Waals surface area contributed by atoms with E-state index in [2.05, 4.69) is 63.9 Å². The Labute approximate surface area is 109 Å². The molecule has 0 saturated heterocycles. The lowest BCUT2D eigenvalue weighted by Gasteiger charge is -2.15. The van der Waals surface area contributed by atoms with Crippen LogP contribution in [0.25, 0.3) is 0 Å². The van der Waals surface area contributed by atoms with Crippen LogP contribution in [0.5, 0.6) is 0 Å². The SMILES string of the molecule is CNC(c1cccc(C)c1)c1csc(Br)c1. The zero-order valence-electron chi connectivity index (χ0n) is 9.33. The topological polar surface area (TPSA) is 12.0 Å². The summed E-state index contributed by atoms with van der Waals surface area (Å²) in [6.45, 7) is 2.12. The Morgan fingerprint density at radius 3 is 2.62 bits per heavy atom. The predicted octanol–water partition coefficient (Wildman–Crippen LogP) is 4.13. The third-order valence-corrected chi connectivity index (χ3v) is 4.11. The average Bonchev–Trinajstić information content (AvgIpc) is 2.66. The molecule has 0 aliphatic carbocycles. The minimum absolute atomic E-state index is 0.280. The number of benzene rings is 1. The normalized spacial score (nSPS) is 12.7. The van der Waals surface area contributed by atoms with Gasteiger partial charge in [0.15, 0.2) is 0 Å². The quantitative estimate of drug-likeness (QED) is 0.898. The van der Waals surface area contributed by atoms with E-state index < -0.39 is 0 Å². The van der Waals surface area contributed by atoms with E-state index in [9.17, 15) is 0 Å². The third-order valence-electron chi connectivity index (χ3n) is 2.59. The van der Waals surface area contributed by atoms with E-state index in [0.29, 0.717) is 0 Å². The van der Waals surface area contributed by atoms with E-state index in [1.807, 2.05) is 7.05 Å². The smallest absolute Gasteiger partial charge is 0.0701 e. The molecule has 0 aliphatic rings. The molecule has 0 fully saturated rings. The summed E-state index contributed by atoms with van der Waals surface area (Å²) in [5, 5.41) is 5.55. The largest absolute Gasteiger partial charge is 0.309 e. The molecule has 2 rings (SSSR count). The summed E-state index contributed by atoms with van der Waals surface area (Å²) in [7, 11) is 2.00. The van der Waals surface area contributed by atoms with Crippen LogP contribution in [0.3, 0.4) is 0 Å². The Kier molecular flexibility index (Phi) is 3.79. The summed E-state index contributed by atoms with van der Waals surface area (Å²) in [6.07, 6.45) is 0. The predicted molar refractivity (Wildman–Crippen MR) is 74.1 cm³/mol. The van der Waals surface area contributed by atoms with Crippen LogP contribution >= 0.6 is 27.3 Å². The number of rotatable bonds is 3. The number of nitrogens with one attached hydrogen (secondary N) is 1. The molecule has 16 heavy (non-hydrogen) atoms. The van der Waals surface area contributed by atoms with Gasteiger partial charge in [0.25, 0.3) is 0 Å². The highest BCUT2D eigenvalue weighted by molar-refractivity contribution is 9.11. The summed E-state index contributed by atoms with van der Waals surface area (Å²) in [5.74, 6) is 0. The van der Waals surface area contributed by atoms with Crippen LogP contribution in [0.2, 0.25) is 0 Å². The van der Waals surface area contributed by atoms with Crippen LogP contribution in [0, 0.1) is 6.92 Å². The van der Waals surface area contributed by atoms with Crippen molar-refractivity contribution in [3.05, 3.63) is 56.2 Å². The lowest BCUT2D eigenvalue weighted by molar-refractivity contribution is 0.693. The van der Waals surface area contributed by atoms with Crippen LogP contribution in [0.4, 0.5) is 0 Å². The van der Waals surface area contributed by atoms with Gasteiger partial charge in [-0.05, 0) is 52.5 Å². The Balaban J connectivity index is 2.36. The molecule has 1 N–H and O–H groups in total. The number of hydrogen-bond donors (Lipinski definition) is 1. The van der Waals surface area contributed by atoms with Crippen molar-refractivity contribution in [1.82, 2.24) is 5.32 Å². The number of halogens is 1. The Morgan fingerprint density at radius 2 is 2.06 bits per heavy atom. The lowest BCUT2D eigenvalue weighted by Crippen LogP contribution is -2.16. The van der Waals surface area contributed by atoms with Gasteiger partial charge in [-0.1, -0.05) is 29.8 Å². The molecule has 0 aliphatic heterocycles. The van der Waals surface area contributed by atoms with Gasteiger partial charge in [0.1, 0.15) is 0 Å². The Hall–Kier alpha value is -0.640. The highest BCUT2D eigenvalue weighted by Crippen LogP contribution is 2.29. The van der Waals surface area contributed by atoms with Crippen molar-refractivity contribution >= 4 is 27.3 Å². The second-order valence-electron chi connectivity index (χ2n) is 3.82. The molecule has 1 unspecified atom stereocenters. The van der Waals surface area contributed by atoms with Gasteiger partial charge in [-0.2, -0.15) is 0 Å². The second kappa shape index (κ2) is 5.13. The van der Waals surface area contributed by atoms with Gasteiger partial charge in [-0.15, -0.1) is 11.3 Å². The van der Waals surface area contributed by atoms with Crippen molar-refractivity contribution in [2.75, 3.05) is 7.05 Å². The molecule has 0 saturated carbocycles. The van der Waals surface area contributed by atoms with Crippen LogP contribution in [-0.2, 0) is 0 Å². The first kappa shape index (κ1) is 11.8. The molecule has 1 nitrogen and oxygen atoms in total. The van der Waals surface area contributed by atoms with Gasteiger partial charge >= 0.3 is 0 Å². The fourth-order valence-electron chi connectivity index (χ4n) is 1.85. The van der Waals surface area contributed by atoms with Crippen LogP contribution in [-0.4, -0.2) is 7.05 Å². The zero-order valence-corrected chi connectivity index (χ0v) is 11.7. The van der Waals surface area contributed by atoms with Crippen molar-refractivity contribution in [1.29, 1.82) is 0 Å². The third kappa shape index (κ3) is 2.54. The number of aryl methyl sites for hydroxylation is 1. The Morgan fingerprint density at radius 1 is 1.25 bits per heavy atom. The molecule has 84 valence electrons. The molecular formula is C13H14BrNS. The number of hydrogen-bond acceptors (Lipinski definition) is 2. The molecule has 3 heteroatoms. The molecule has 0 spiro atoms. The van der Waals surface area contributed by atoms with Crippen LogP contribution < -0.4 is 5.32 Å². The fraction of sp³-hybridized carbons (Fsp3) is 0.231. The highest BCUT2D eigenvalue weighted by Gasteiger charge is 2.13. The van der Waals surface area contributed by atoms with Crippen molar-refractivity contribution in [2.24, 2.45) is 0 Å². The highest BCUT2D eigenvalue weighted by atomic mass is 79.9. The van der Waals surface area contributed by atoms with Crippen LogP contribution in [0.15, 0.2) is 39.5 Å². The molecule has 1 atom stereocenters. The van der Waals surface area contributed by atoms with E-state index in [0.717, 1.165) is 0 Å². The molecular weight excluding hydrogens is 282 g/mol. The maximum absolute atomic E-state index is 3.51. The maximum Gasteiger partial charge on any atom is 0.0701 e. The van der Waals surface area contributed by atoms with E-state index in [1.54, 1.807) is 11.3 Å². The summed E-state index contributed by atoms with van der Waals surface area (Å²) >= 11 is 5.23. The van der Waals surface area contributed by atoms with E-state index >= 15 is 0 Å². The lowest BCUT2D eigenvalue weighted by atomic mass is 10.00. The first-order valence-electron chi connectivity index (χ1n) is 5.18. The molecule has 1 aromatic carbocycles. The van der Waals surface area contributed by atoms with Crippen molar-refractivity contribution in [2.45, 2.75) is 13.0 Å². The summed E-state index contributed by atoms with van der Waals surface area (Å²) in [4.78, 5) is 0. The number of thiophene rings is 1. The fourth-order valence-corrected chi connectivity index (χ4v) is 3.05. The van der Waals surface area contributed by atoms with Gasteiger partial charge in [-0.25, -0.2) is 0 Å². The van der Waals surface area contributed by atoms with Gasteiger partial charge in [-0.3, -0.25) is 0 Å². The molecule has 0 bridgehead atoms. The summed E-state index contributed by atoms with van der Waals surface area (Å²) in [5.41, 5.74) is 3.92. The minimum atomic E-state index is 0.280. The summed E-state index contributed by atoms with van der Waals surface area (Å²) in [6, 6.07) is 11.1. The average molecular weight is 296 g/mol. The Bertz CT molecular complexity index is 478. The molecule has 1 aromatic heterocycles. The first-order valence-corrected chi connectivity index (χ1v) is 6.85. The van der Waals surface area contributed by atoms with Crippen LogP contribution in [0.1, 0.15) is 22.7 Å². The van der Waals surface area contributed by atoms with Crippen molar-refractivity contribution in [3.8, 4) is 0 Å². The minimum Gasteiger partial charge on any atom is -0.309 e. The van der Waals surface area contributed by atoms with Gasteiger partial charge in [0.05, 0.1) is 9.83 Å². The monoisotopic (exact) mass is 295 g/mol. The standard InChI is InChI=1S/C13H14BrNS/c1-9-4-3-5-10(6-9)13(15-2)11-7-12(14)16-8-11/h3-8,13,15H,1-2H3. The van der Waals surface area contributed by atoms with E-state index in [1.165, 1.54) is 20.5 Å². The molecule has 0 radical (unpaired) electrons. The van der Waals surface area contributed by atoms with Gasteiger partial charge in [0.2, 0.25) is 0 Å². The first-order chi connectivity index (χ1) is 7.70. The van der Waals surface area contributed by atoms with Gasteiger partial charge < -0.3 is 5.32 Å². The maximum atomic E-state index is 3.51. The summed E-state index contributed by atoms with van der Waals surface area (Å²) < 4.78 is 1.18.